The number of nitrogens with one attached hydrogen (secondary N) is 1. The third kappa shape index (κ3) is 4.94. The number of rotatable bonds is 5. The molecule has 1 N–H and O–H groups in total. The highest BCUT2D eigenvalue weighted by Crippen LogP contribution is 2.13. The maximum absolute atomic E-state index is 12.6. The molecule has 1 aliphatic rings. The van der Waals surface area contributed by atoms with E-state index in [-0.39, 0.29) is 5.91 Å². The smallest absolute Gasteiger partial charge is 0.255 e. The number of nitrogens with zero attached hydrogens (tertiary/aromatic N) is 3. The summed E-state index contributed by atoms with van der Waals surface area (Å²) in [4.78, 5) is 21.0. The van der Waals surface area contributed by atoms with E-state index in [1.807, 2.05) is 35.2 Å². The van der Waals surface area contributed by atoms with Crippen molar-refractivity contribution in [3.63, 3.8) is 0 Å². The highest BCUT2D eigenvalue weighted by Gasteiger charge is 2.20. The third-order valence-electron chi connectivity index (χ3n) is 4.43. The van der Waals surface area contributed by atoms with Crippen molar-refractivity contribution in [1.82, 2.24) is 14.8 Å². The largest absolute Gasteiger partial charge is 0.383 e. The molecule has 0 bridgehead atoms. The molecule has 3 rings (SSSR count). The van der Waals surface area contributed by atoms with Crippen LogP contribution in [0, 0.1) is 0 Å². The molecule has 2 aromatic rings. The molecule has 25 heavy (non-hydrogen) atoms. The molecule has 0 saturated carbocycles. The topological polar surface area (TPSA) is 48.5 Å². The maximum Gasteiger partial charge on any atom is 0.255 e. The Morgan fingerprint density at radius 1 is 1.16 bits per heavy atom. The van der Waals surface area contributed by atoms with Crippen LogP contribution in [-0.2, 0) is 6.42 Å². The Morgan fingerprint density at radius 2 is 1.88 bits per heavy atom. The summed E-state index contributed by atoms with van der Waals surface area (Å²) in [6.07, 6.45) is 4.28. The number of carbonyl (C=O) groups excluding carboxylic acids is 1. The van der Waals surface area contributed by atoms with Crippen molar-refractivity contribution in [1.29, 1.82) is 0 Å². The normalized spacial score (nSPS) is 15.2. The lowest BCUT2D eigenvalue weighted by atomic mass is 10.1. The van der Waals surface area contributed by atoms with Crippen molar-refractivity contribution < 1.29 is 4.79 Å². The highest BCUT2D eigenvalue weighted by molar-refractivity contribution is 6.30. The predicted octanol–water partition coefficient (Wildman–Crippen LogP) is 2.78. The SMILES string of the molecule is CN1CCN(C(=O)c2cncc(NCCc3ccc(Cl)cc3)c2)CC1. The van der Waals surface area contributed by atoms with Gasteiger partial charge in [-0.1, -0.05) is 23.7 Å². The molecule has 132 valence electrons. The van der Waals surface area contributed by atoms with E-state index in [0.717, 1.165) is 49.9 Å². The fraction of sp³-hybridized carbons (Fsp3) is 0.368. The molecule has 0 radical (unpaired) electrons. The third-order valence-corrected chi connectivity index (χ3v) is 4.68. The first-order valence-corrected chi connectivity index (χ1v) is 8.91. The Bertz CT molecular complexity index is 712. The van der Waals surface area contributed by atoms with Gasteiger partial charge < -0.3 is 15.1 Å². The summed E-state index contributed by atoms with van der Waals surface area (Å²) in [7, 11) is 2.08. The van der Waals surface area contributed by atoms with Crippen LogP contribution in [0.4, 0.5) is 5.69 Å². The number of anilines is 1. The standard InChI is InChI=1S/C19H23ClN4O/c1-23-8-10-24(11-9-23)19(25)16-12-18(14-21-13-16)22-7-6-15-2-4-17(20)5-3-15/h2-5,12-14,22H,6-11H2,1H3. The van der Waals surface area contributed by atoms with Crippen molar-refractivity contribution in [3.05, 3.63) is 58.9 Å². The Morgan fingerprint density at radius 3 is 2.60 bits per heavy atom. The quantitative estimate of drug-likeness (QED) is 0.892. The number of amides is 1. The molecule has 5 nitrogen and oxygen atoms in total. The van der Waals surface area contributed by atoms with Crippen LogP contribution in [0.25, 0.3) is 0 Å². The van der Waals surface area contributed by atoms with Crippen molar-refractivity contribution in [2.75, 3.05) is 45.1 Å². The Hall–Kier alpha value is -2.11. The molecule has 0 atom stereocenters. The highest BCUT2D eigenvalue weighted by atomic mass is 35.5. The van der Waals surface area contributed by atoms with Crippen molar-refractivity contribution in [3.8, 4) is 0 Å². The Kier molecular flexibility index (Phi) is 5.89. The molecule has 0 aliphatic carbocycles. The summed E-state index contributed by atoms with van der Waals surface area (Å²) in [5.74, 6) is 0.0574. The molecular formula is C19H23ClN4O. The van der Waals surface area contributed by atoms with E-state index in [0.29, 0.717) is 5.56 Å². The number of likely N-dealkylation sites (N-methyl/N-ethyl adjacent to an activating group) is 1. The van der Waals surface area contributed by atoms with Crippen LogP contribution in [0.1, 0.15) is 15.9 Å². The van der Waals surface area contributed by atoms with Crippen LogP contribution in [0.2, 0.25) is 5.02 Å². The van der Waals surface area contributed by atoms with E-state index in [9.17, 15) is 4.79 Å². The number of piperazine rings is 1. The van der Waals surface area contributed by atoms with Gasteiger partial charge in [0.05, 0.1) is 11.3 Å². The number of hydrogen-bond acceptors (Lipinski definition) is 4. The summed E-state index contributed by atoms with van der Waals surface area (Å²) in [5, 5.41) is 4.08. The Labute approximate surface area is 153 Å². The average molecular weight is 359 g/mol. The minimum Gasteiger partial charge on any atom is -0.383 e. The second-order valence-electron chi connectivity index (χ2n) is 6.36. The monoisotopic (exact) mass is 358 g/mol. The van der Waals surface area contributed by atoms with E-state index in [1.54, 1.807) is 12.4 Å². The Balaban J connectivity index is 1.55. The van der Waals surface area contributed by atoms with E-state index in [4.69, 9.17) is 11.6 Å². The summed E-state index contributed by atoms with van der Waals surface area (Å²) in [6.45, 7) is 4.14. The number of aromatic nitrogens is 1. The maximum atomic E-state index is 12.6. The lowest BCUT2D eigenvalue weighted by molar-refractivity contribution is 0.0663. The van der Waals surface area contributed by atoms with Gasteiger partial charge in [-0.25, -0.2) is 0 Å². The molecule has 1 fully saturated rings. The van der Waals surface area contributed by atoms with Crippen LogP contribution < -0.4 is 5.32 Å². The zero-order valence-corrected chi connectivity index (χ0v) is 15.2. The van der Waals surface area contributed by atoms with Gasteiger partial charge in [-0.05, 0) is 37.2 Å². The van der Waals surface area contributed by atoms with Crippen molar-refractivity contribution >= 4 is 23.2 Å². The van der Waals surface area contributed by atoms with Crippen molar-refractivity contribution in [2.24, 2.45) is 0 Å². The number of benzene rings is 1. The molecule has 0 spiro atoms. The zero-order valence-electron chi connectivity index (χ0n) is 14.4. The van der Waals surface area contributed by atoms with Gasteiger partial charge in [0.25, 0.3) is 5.91 Å². The van der Waals surface area contributed by atoms with Gasteiger partial charge in [-0.2, -0.15) is 0 Å². The van der Waals surface area contributed by atoms with Crippen molar-refractivity contribution in [2.45, 2.75) is 6.42 Å². The molecular weight excluding hydrogens is 336 g/mol. The first-order chi connectivity index (χ1) is 12.1. The molecule has 1 aromatic carbocycles. The second-order valence-corrected chi connectivity index (χ2v) is 6.80. The molecule has 0 unspecified atom stereocenters. The molecule has 1 saturated heterocycles. The van der Waals surface area contributed by atoms with Gasteiger partial charge in [-0.15, -0.1) is 0 Å². The van der Waals surface area contributed by atoms with Gasteiger partial charge >= 0.3 is 0 Å². The van der Waals surface area contributed by atoms with E-state index in [1.165, 1.54) is 5.56 Å². The molecule has 2 heterocycles. The number of halogens is 1. The predicted molar refractivity (Wildman–Crippen MR) is 101 cm³/mol. The summed E-state index contributed by atoms with van der Waals surface area (Å²) >= 11 is 5.90. The van der Waals surface area contributed by atoms with E-state index >= 15 is 0 Å². The van der Waals surface area contributed by atoms with Gasteiger partial charge in [0.1, 0.15) is 0 Å². The van der Waals surface area contributed by atoms with Crippen LogP contribution in [0.3, 0.4) is 0 Å². The van der Waals surface area contributed by atoms with E-state index < -0.39 is 0 Å². The number of pyridine rings is 1. The molecule has 6 heteroatoms. The van der Waals surface area contributed by atoms with Gasteiger partial charge in [-0.3, -0.25) is 9.78 Å². The summed E-state index contributed by atoms with van der Waals surface area (Å²) in [6, 6.07) is 9.72. The fourth-order valence-corrected chi connectivity index (χ4v) is 2.97. The minimum absolute atomic E-state index is 0.0574. The molecule has 1 amide bonds. The van der Waals surface area contributed by atoms with Crippen LogP contribution in [-0.4, -0.2) is 60.5 Å². The lowest BCUT2D eigenvalue weighted by Crippen LogP contribution is -2.47. The molecule has 1 aliphatic heterocycles. The van der Waals surface area contributed by atoms with E-state index in [2.05, 4.69) is 22.2 Å². The second kappa shape index (κ2) is 8.32. The minimum atomic E-state index is 0.0574. The summed E-state index contributed by atoms with van der Waals surface area (Å²) < 4.78 is 0. The number of carbonyl (C=O) groups is 1. The van der Waals surface area contributed by atoms with Gasteiger partial charge in [0.15, 0.2) is 0 Å². The fourth-order valence-electron chi connectivity index (χ4n) is 2.85. The number of hydrogen-bond donors (Lipinski definition) is 1. The molecule has 1 aromatic heterocycles. The van der Waals surface area contributed by atoms with Gasteiger partial charge in [0.2, 0.25) is 0 Å². The first-order valence-electron chi connectivity index (χ1n) is 8.53. The van der Waals surface area contributed by atoms with Crippen LogP contribution in [0.5, 0.6) is 0 Å². The first kappa shape index (κ1) is 17.7. The lowest BCUT2D eigenvalue weighted by Gasteiger charge is -2.32. The average Bonchev–Trinajstić information content (AvgIpc) is 2.64. The van der Waals surface area contributed by atoms with Gasteiger partial charge in [0, 0.05) is 50.1 Å². The summed E-state index contributed by atoms with van der Waals surface area (Å²) in [5.41, 5.74) is 2.73. The van der Waals surface area contributed by atoms with Crippen LogP contribution >= 0.6 is 11.6 Å². The zero-order chi connectivity index (χ0) is 17.6. The van der Waals surface area contributed by atoms with Crippen LogP contribution in [0.15, 0.2) is 42.7 Å².